The first-order valence-corrected chi connectivity index (χ1v) is 12.5. The minimum absolute atomic E-state index is 0.0165. The first-order chi connectivity index (χ1) is 17.0. The summed E-state index contributed by atoms with van der Waals surface area (Å²) in [5, 5.41) is 6.37. The van der Waals surface area contributed by atoms with Gasteiger partial charge in [-0.3, -0.25) is 19.4 Å². The van der Waals surface area contributed by atoms with Crippen molar-refractivity contribution in [2.75, 3.05) is 31.6 Å². The fourth-order valence-corrected chi connectivity index (χ4v) is 4.40. The topological polar surface area (TPSA) is 73.0 Å². The van der Waals surface area contributed by atoms with Gasteiger partial charge < -0.3 is 10.2 Å². The summed E-state index contributed by atoms with van der Waals surface area (Å²) < 4.78 is 13.6. The monoisotopic (exact) mass is 496 g/mol. The van der Waals surface area contributed by atoms with Gasteiger partial charge in [0.1, 0.15) is 5.82 Å². The summed E-state index contributed by atoms with van der Waals surface area (Å²) in [7, 11) is 1.69. The van der Waals surface area contributed by atoms with Crippen LogP contribution in [0.15, 0.2) is 36.4 Å². The average molecular weight is 497 g/mol. The third-order valence-corrected chi connectivity index (χ3v) is 6.54. The maximum absolute atomic E-state index is 13.6. The zero-order valence-electron chi connectivity index (χ0n) is 21.9. The number of amides is 2. The predicted octanol–water partition coefficient (Wildman–Crippen LogP) is 4.08. The zero-order chi connectivity index (χ0) is 26.4. The highest BCUT2D eigenvalue weighted by Crippen LogP contribution is 2.26. The molecule has 0 atom stereocenters. The van der Waals surface area contributed by atoms with E-state index < -0.39 is 0 Å². The molecule has 194 valence electrons. The number of halogens is 1. The molecule has 8 heteroatoms. The van der Waals surface area contributed by atoms with Crippen molar-refractivity contribution < 1.29 is 18.8 Å². The molecule has 0 unspecified atom stereocenters. The van der Waals surface area contributed by atoms with E-state index in [4.69, 9.17) is 0 Å². The zero-order valence-corrected chi connectivity index (χ0v) is 21.9. The Hall–Kier alpha value is -3.26. The number of benzene rings is 2. The van der Waals surface area contributed by atoms with E-state index >= 15 is 0 Å². The lowest BCUT2D eigenvalue weighted by Gasteiger charge is -2.32. The van der Waals surface area contributed by atoms with Crippen LogP contribution in [0, 0.1) is 18.7 Å². The van der Waals surface area contributed by atoms with Gasteiger partial charge in [-0.2, -0.15) is 0 Å². The molecule has 1 N–H and O–H groups in total. The minimum atomic E-state index is -0.292. The predicted molar refractivity (Wildman–Crippen MR) is 139 cm³/mol. The SMILES string of the molecule is CC(=O)c1ccc(N(CC(=O)NCCCC(C)C)CC(=O)N(C)N2Cc3ccc(F)cc3C2)c(C)c1. The molecule has 0 radical (unpaired) electrons. The highest BCUT2D eigenvalue weighted by atomic mass is 19.1. The first-order valence-electron chi connectivity index (χ1n) is 12.5. The van der Waals surface area contributed by atoms with Gasteiger partial charge in [-0.25, -0.2) is 9.40 Å². The van der Waals surface area contributed by atoms with Crippen molar-refractivity contribution in [3.8, 4) is 0 Å². The average Bonchev–Trinajstić information content (AvgIpc) is 3.23. The van der Waals surface area contributed by atoms with Gasteiger partial charge in [0, 0.05) is 37.9 Å². The van der Waals surface area contributed by atoms with E-state index in [0.717, 1.165) is 35.2 Å². The second kappa shape index (κ2) is 12.1. The highest BCUT2D eigenvalue weighted by molar-refractivity contribution is 5.95. The number of aryl methyl sites for hydroxylation is 1. The van der Waals surface area contributed by atoms with Crippen LogP contribution in [-0.2, 0) is 22.7 Å². The van der Waals surface area contributed by atoms with E-state index in [-0.39, 0.29) is 36.5 Å². The van der Waals surface area contributed by atoms with Crippen LogP contribution in [0.25, 0.3) is 0 Å². The molecule has 2 aromatic rings. The van der Waals surface area contributed by atoms with Crippen LogP contribution >= 0.6 is 0 Å². The molecule has 36 heavy (non-hydrogen) atoms. The van der Waals surface area contributed by atoms with E-state index in [9.17, 15) is 18.8 Å². The molecule has 0 fully saturated rings. The van der Waals surface area contributed by atoms with E-state index in [2.05, 4.69) is 19.2 Å². The number of hydrogen-bond acceptors (Lipinski definition) is 5. The molecule has 1 heterocycles. The second-order valence-corrected chi connectivity index (χ2v) is 9.95. The van der Waals surface area contributed by atoms with Gasteiger partial charge in [-0.1, -0.05) is 19.9 Å². The van der Waals surface area contributed by atoms with Gasteiger partial charge >= 0.3 is 0 Å². The number of hydrogen-bond donors (Lipinski definition) is 1. The lowest BCUT2D eigenvalue weighted by Crippen LogP contribution is -2.48. The highest BCUT2D eigenvalue weighted by Gasteiger charge is 2.27. The standard InChI is InChI=1S/C28H37FN4O3/c1-19(2)7-6-12-30-27(35)17-32(26-11-9-22(21(4)34)13-20(26)3)18-28(36)31(5)33-15-23-8-10-25(29)14-24(23)16-33/h8-11,13-14,19H,6-7,12,15-18H2,1-5H3,(H,30,35). The molecule has 0 bridgehead atoms. The largest absolute Gasteiger partial charge is 0.355 e. The van der Waals surface area contributed by atoms with E-state index in [0.29, 0.717) is 31.1 Å². The third-order valence-electron chi connectivity index (χ3n) is 6.54. The van der Waals surface area contributed by atoms with E-state index in [1.165, 1.54) is 19.1 Å². The number of carbonyl (C=O) groups excluding carboxylic acids is 3. The molecule has 1 aliphatic rings. The molecule has 0 aliphatic carbocycles. The summed E-state index contributed by atoms with van der Waals surface area (Å²) in [6.07, 6.45) is 1.93. The number of ketones is 1. The fourth-order valence-electron chi connectivity index (χ4n) is 4.40. The van der Waals surface area contributed by atoms with E-state index in [1.807, 2.05) is 11.9 Å². The number of rotatable bonds is 11. The number of nitrogens with zero attached hydrogens (tertiary/aromatic N) is 3. The van der Waals surface area contributed by atoms with Crippen LogP contribution < -0.4 is 10.2 Å². The lowest BCUT2D eigenvalue weighted by molar-refractivity contribution is -0.145. The Morgan fingerprint density at radius 1 is 1.06 bits per heavy atom. The second-order valence-electron chi connectivity index (χ2n) is 9.95. The molecule has 2 aromatic carbocycles. The molecule has 0 saturated heterocycles. The number of hydrazine groups is 1. The summed E-state index contributed by atoms with van der Waals surface area (Å²) in [6, 6.07) is 9.98. The van der Waals surface area contributed by atoms with Crippen molar-refractivity contribution in [1.29, 1.82) is 0 Å². The Morgan fingerprint density at radius 2 is 1.78 bits per heavy atom. The Bertz CT molecular complexity index is 1120. The van der Waals surface area contributed by atoms with Crippen molar-refractivity contribution in [1.82, 2.24) is 15.3 Å². The Labute approximate surface area is 213 Å². The van der Waals surface area contributed by atoms with Crippen molar-refractivity contribution in [3.63, 3.8) is 0 Å². The number of likely N-dealkylation sites (N-methyl/N-ethyl adjacent to an activating group) is 1. The van der Waals surface area contributed by atoms with Crippen LogP contribution in [0.3, 0.4) is 0 Å². The summed E-state index contributed by atoms with van der Waals surface area (Å²) in [5.41, 5.74) is 3.98. The van der Waals surface area contributed by atoms with Crippen molar-refractivity contribution in [3.05, 3.63) is 64.5 Å². The molecular formula is C28H37FN4O3. The number of Topliss-reactive ketones (excluding diaryl/α,β-unsaturated/α-hetero) is 1. The molecule has 0 saturated carbocycles. The summed E-state index contributed by atoms with van der Waals surface area (Å²) in [4.78, 5) is 39.6. The third kappa shape index (κ3) is 7.13. The maximum atomic E-state index is 13.6. The molecular weight excluding hydrogens is 459 g/mol. The van der Waals surface area contributed by atoms with Crippen molar-refractivity contribution >= 4 is 23.3 Å². The van der Waals surface area contributed by atoms with Crippen LogP contribution in [0.5, 0.6) is 0 Å². The Morgan fingerprint density at radius 3 is 2.44 bits per heavy atom. The van der Waals surface area contributed by atoms with Gasteiger partial charge in [0.15, 0.2) is 5.78 Å². The molecule has 2 amide bonds. The quantitative estimate of drug-likeness (QED) is 0.375. The molecule has 0 aromatic heterocycles. The number of carbonyl (C=O) groups is 3. The Balaban J connectivity index is 1.72. The van der Waals surface area contributed by atoms with Crippen LogP contribution in [0.4, 0.5) is 10.1 Å². The number of anilines is 1. The number of fused-ring (bicyclic) bond motifs is 1. The minimum Gasteiger partial charge on any atom is -0.355 e. The van der Waals surface area contributed by atoms with Crippen molar-refractivity contribution in [2.45, 2.75) is 53.6 Å². The molecule has 0 spiro atoms. The van der Waals surface area contributed by atoms with E-state index in [1.54, 1.807) is 41.2 Å². The Kier molecular flexibility index (Phi) is 9.20. The normalized spacial score (nSPS) is 13.0. The lowest BCUT2D eigenvalue weighted by atomic mass is 10.1. The van der Waals surface area contributed by atoms with Crippen molar-refractivity contribution in [2.24, 2.45) is 5.92 Å². The van der Waals surface area contributed by atoms with Gasteiger partial charge in [0.05, 0.1) is 13.1 Å². The number of nitrogens with one attached hydrogen (secondary N) is 1. The van der Waals surface area contributed by atoms with Gasteiger partial charge in [-0.15, -0.1) is 0 Å². The van der Waals surface area contributed by atoms with Crippen LogP contribution in [0.2, 0.25) is 0 Å². The van der Waals surface area contributed by atoms with Gasteiger partial charge in [0.2, 0.25) is 5.91 Å². The summed E-state index contributed by atoms with van der Waals surface area (Å²) in [6.45, 7) is 9.22. The molecule has 7 nitrogen and oxygen atoms in total. The van der Waals surface area contributed by atoms with Crippen LogP contribution in [-0.4, -0.2) is 54.3 Å². The first kappa shape index (κ1) is 27.3. The molecule has 3 rings (SSSR count). The van der Waals surface area contributed by atoms with Gasteiger partial charge in [-0.05, 0) is 79.6 Å². The smallest absolute Gasteiger partial charge is 0.256 e. The fraction of sp³-hybridized carbons (Fsp3) is 0.464. The van der Waals surface area contributed by atoms with Gasteiger partial charge in [0.25, 0.3) is 5.91 Å². The van der Waals surface area contributed by atoms with Crippen LogP contribution in [0.1, 0.15) is 60.7 Å². The maximum Gasteiger partial charge on any atom is 0.256 e. The molecule has 1 aliphatic heterocycles. The summed E-state index contributed by atoms with van der Waals surface area (Å²) >= 11 is 0. The summed E-state index contributed by atoms with van der Waals surface area (Å²) in [5.74, 6) is -0.110.